The van der Waals surface area contributed by atoms with Gasteiger partial charge in [0.2, 0.25) is 0 Å². The SMILES string of the molecule is Cc1nc(C)n(C[C@H]2CCCCN2c2nc3ccccc3o2)n1. The average molecular weight is 311 g/mol. The van der Waals surface area contributed by atoms with Gasteiger partial charge in [-0.1, -0.05) is 12.1 Å². The first-order valence-corrected chi connectivity index (χ1v) is 8.21. The Kier molecular flexibility index (Phi) is 3.52. The molecule has 0 spiro atoms. The monoisotopic (exact) mass is 311 g/mol. The van der Waals surface area contributed by atoms with Gasteiger partial charge in [-0.25, -0.2) is 9.67 Å². The summed E-state index contributed by atoms with van der Waals surface area (Å²) in [6.45, 7) is 5.74. The first kappa shape index (κ1) is 14.2. The third-order valence-corrected chi connectivity index (χ3v) is 4.50. The van der Waals surface area contributed by atoms with E-state index in [0.29, 0.717) is 6.04 Å². The van der Waals surface area contributed by atoms with Crippen LogP contribution in [0.4, 0.5) is 6.01 Å². The maximum atomic E-state index is 5.98. The van der Waals surface area contributed by atoms with Crippen molar-refractivity contribution in [2.75, 3.05) is 11.4 Å². The summed E-state index contributed by atoms with van der Waals surface area (Å²) in [5, 5.41) is 4.50. The normalized spacial score (nSPS) is 18.7. The zero-order valence-electron chi connectivity index (χ0n) is 13.6. The molecule has 0 bridgehead atoms. The fourth-order valence-electron chi connectivity index (χ4n) is 3.36. The van der Waals surface area contributed by atoms with Crippen molar-refractivity contribution < 1.29 is 4.42 Å². The summed E-state index contributed by atoms with van der Waals surface area (Å²) in [6.07, 6.45) is 3.52. The minimum absolute atomic E-state index is 0.344. The summed E-state index contributed by atoms with van der Waals surface area (Å²) in [5.74, 6) is 1.79. The molecule has 3 aromatic rings. The molecule has 1 aliphatic heterocycles. The van der Waals surface area contributed by atoms with Gasteiger partial charge in [0.25, 0.3) is 6.01 Å². The number of nitrogens with zero attached hydrogens (tertiary/aromatic N) is 5. The molecule has 1 atom stereocenters. The van der Waals surface area contributed by atoms with Crippen LogP contribution in [-0.4, -0.2) is 32.3 Å². The Balaban J connectivity index is 1.63. The van der Waals surface area contributed by atoms with E-state index in [-0.39, 0.29) is 0 Å². The highest BCUT2D eigenvalue weighted by molar-refractivity contribution is 5.74. The van der Waals surface area contributed by atoms with Crippen LogP contribution in [0.25, 0.3) is 11.1 Å². The molecular weight excluding hydrogens is 290 g/mol. The largest absolute Gasteiger partial charge is 0.423 e. The number of fused-ring (bicyclic) bond motifs is 1. The molecule has 0 N–H and O–H groups in total. The highest BCUT2D eigenvalue weighted by Crippen LogP contribution is 2.28. The second-order valence-corrected chi connectivity index (χ2v) is 6.20. The lowest BCUT2D eigenvalue weighted by Gasteiger charge is -2.34. The van der Waals surface area contributed by atoms with Gasteiger partial charge in [0.05, 0.1) is 12.6 Å². The number of hydrogen-bond donors (Lipinski definition) is 0. The lowest BCUT2D eigenvalue weighted by atomic mass is 10.0. The highest BCUT2D eigenvalue weighted by Gasteiger charge is 2.27. The molecule has 1 aliphatic rings. The van der Waals surface area contributed by atoms with Crippen LogP contribution in [0.1, 0.15) is 30.9 Å². The van der Waals surface area contributed by atoms with Crippen LogP contribution in [0, 0.1) is 13.8 Å². The molecule has 1 aromatic carbocycles. The van der Waals surface area contributed by atoms with Gasteiger partial charge in [-0.3, -0.25) is 0 Å². The van der Waals surface area contributed by atoms with Gasteiger partial charge < -0.3 is 9.32 Å². The fraction of sp³-hybridized carbons (Fsp3) is 0.471. The predicted octanol–water partition coefficient (Wildman–Crippen LogP) is 3.10. The van der Waals surface area contributed by atoms with Crippen LogP contribution < -0.4 is 4.90 Å². The van der Waals surface area contributed by atoms with Crippen LogP contribution in [-0.2, 0) is 6.54 Å². The number of aryl methyl sites for hydroxylation is 2. The molecule has 6 heteroatoms. The molecule has 2 aromatic heterocycles. The Morgan fingerprint density at radius 1 is 1.17 bits per heavy atom. The molecule has 0 radical (unpaired) electrons. The van der Waals surface area contributed by atoms with Gasteiger partial charge in [0.15, 0.2) is 5.58 Å². The number of oxazole rings is 1. The summed E-state index contributed by atoms with van der Waals surface area (Å²) >= 11 is 0. The quantitative estimate of drug-likeness (QED) is 0.744. The maximum Gasteiger partial charge on any atom is 0.298 e. The van der Waals surface area contributed by atoms with Crippen LogP contribution in [0.3, 0.4) is 0 Å². The van der Waals surface area contributed by atoms with E-state index in [1.165, 1.54) is 12.8 Å². The van der Waals surface area contributed by atoms with Crippen molar-refractivity contribution in [1.29, 1.82) is 0 Å². The third kappa shape index (κ3) is 2.69. The van der Waals surface area contributed by atoms with E-state index in [9.17, 15) is 0 Å². The molecule has 23 heavy (non-hydrogen) atoms. The predicted molar refractivity (Wildman–Crippen MR) is 88.5 cm³/mol. The first-order valence-electron chi connectivity index (χ1n) is 8.21. The summed E-state index contributed by atoms with van der Waals surface area (Å²) in [5.41, 5.74) is 1.76. The summed E-state index contributed by atoms with van der Waals surface area (Å²) in [6, 6.07) is 9.00. The number of hydrogen-bond acceptors (Lipinski definition) is 5. The second kappa shape index (κ2) is 5.68. The number of rotatable bonds is 3. The minimum Gasteiger partial charge on any atom is -0.423 e. The van der Waals surface area contributed by atoms with E-state index in [0.717, 1.165) is 48.3 Å². The number of benzene rings is 1. The van der Waals surface area contributed by atoms with Crippen LogP contribution in [0.5, 0.6) is 0 Å². The van der Waals surface area contributed by atoms with Gasteiger partial charge >= 0.3 is 0 Å². The minimum atomic E-state index is 0.344. The van der Waals surface area contributed by atoms with Crippen LogP contribution in [0.15, 0.2) is 28.7 Å². The van der Waals surface area contributed by atoms with Gasteiger partial charge in [-0.15, -0.1) is 0 Å². The smallest absolute Gasteiger partial charge is 0.298 e. The zero-order valence-corrected chi connectivity index (χ0v) is 13.6. The number of anilines is 1. The number of para-hydroxylation sites is 2. The first-order chi connectivity index (χ1) is 11.2. The Labute approximate surface area is 135 Å². The molecule has 4 rings (SSSR count). The van der Waals surface area contributed by atoms with Crippen LogP contribution in [0.2, 0.25) is 0 Å². The fourth-order valence-corrected chi connectivity index (χ4v) is 3.36. The lowest BCUT2D eigenvalue weighted by molar-refractivity contribution is 0.373. The highest BCUT2D eigenvalue weighted by atomic mass is 16.4. The van der Waals surface area contributed by atoms with E-state index >= 15 is 0 Å². The molecule has 1 saturated heterocycles. The third-order valence-electron chi connectivity index (χ3n) is 4.50. The Morgan fingerprint density at radius 2 is 2.04 bits per heavy atom. The Hall–Kier alpha value is -2.37. The molecule has 1 fully saturated rings. The van der Waals surface area contributed by atoms with Crippen molar-refractivity contribution in [3.63, 3.8) is 0 Å². The van der Waals surface area contributed by atoms with E-state index in [1.54, 1.807) is 0 Å². The van der Waals surface area contributed by atoms with Crippen molar-refractivity contribution in [2.45, 2.75) is 45.7 Å². The second-order valence-electron chi connectivity index (χ2n) is 6.20. The van der Waals surface area contributed by atoms with Crippen molar-refractivity contribution in [1.82, 2.24) is 19.7 Å². The zero-order chi connectivity index (χ0) is 15.8. The molecule has 0 amide bonds. The van der Waals surface area contributed by atoms with Gasteiger partial charge in [0.1, 0.15) is 17.2 Å². The molecule has 120 valence electrons. The molecule has 0 aliphatic carbocycles. The van der Waals surface area contributed by atoms with Crippen LogP contribution >= 0.6 is 0 Å². The van der Waals surface area contributed by atoms with E-state index in [2.05, 4.69) is 20.0 Å². The Bertz CT molecular complexity index is 788. The van der Waals surface area contributed by atoms with Crippen molar-refractivity contribution in [3.05, 3.63) is 35.9 Å². The standard InChI is InChI=1S/C17H21N5O/c1-12-18-13(2)22(20-12)11-14-7-5-6-10-21(14)17-19-15-8-3-4-9-16(15)23-17/h3-4,8-9,14H,5-7,10-11H2,1-2H3/t14-/m1/s1. The lowest BCUT2D eigenvalue weighted by Crippen LogP contribution is -2.42. The molecule has 6 nitrogen and oxygen atoms in total. The topological polar surface area (TPSA) is 60.0 Å². The van der Waals surface area contributed by atoms with Gasteiger partial charge in [0, 0.05) is 6.54 Å². The summed E-state index contributed by atoms with van der Waals surface area (Å²) < 4.78 is 7.98. The number of piperidine rings is 1. The molecule has 0 saturated carbocycles. The van der Waals surface area contributed by atoms with Gasteiger partial charge in [-0.2, -0.15) is 10.1 Å². The van der Waals surface area contributed by atoms with Crippen molar-refractivity contribution in [2.24, 2.45) is 0 Å². The summed E-state index contributed by atoms with van der Waals surface area (Å²) in [4.78, 5) is 11.4. The average Bonchev–Trinajstić information content (AvgIpc) is 3.11. The van der Waals surface area contributed by atoms with E-state index in [4.69, 9.17) is 4.42 Å². The van der Waals surface area contributed by atoms with Gasteiger partial charge in [-0.05, 0) is 45.2 Å². The van der Waals surface area contributed by atoms with Crippen molar-refractivity contribution >= 4 is 17.1 Å². The summed E-state index contributed by atoms with van der Waals surface area (Å²) in [7, 11) is 0. The molecule has 3 heterocycles. The van der Waals surface area contributed by atoms with E-state index in [1.807, 2.05) is 42.8 Å². The van der Waals surface area contributed by atoms with Crippen molar-refractivity contribution in [3.8, 4) is 0 Å². The maximum absolute atomic E-state index is 5.98. The number of aromatic nitrogens is 4. The molecule has 0 unspecified atom stereocenters. The molecular formula is C17H21N5O. The van der Waals surface area contributed by atoms with E-state index < -0.39 is 0 Å². The Morgan fingerprint density at radius 3 is 2.83 bits per heavy atom.